The van der Waals surface area contributed by atoms with E-state index in [1.54, 1.807) is 24.3 Å². The molecule has 0 unspecified atom stereocenters. The van der Waals surface area contributed by atoms with Crippen molar-refractivity contribution < 1.29 is 19.1 Å². The first-order chi connectivity index (χ1) is 8.61. The highest BCUT2D eigenvalue weighted by atomic mass is 16.5. The second-order valence-corrected chi connectivity index (χ2v) is 3.52. The van der Waals surface area contributed by atoms with Gasteiger partial charge in [-0.3, -0.25) is 9.59 Å². The Kier molecular flexibility index (Phi) is 5.50. The quantitative estimate of drug-likeness (QED) is 0.562. The molecule has 0 radical (unpaired) electrons. The lowest BCUT2D eigenvalue weighted by Gasteiger charge is -2.06. The number of ether oxygens (including phenoxy) is 2. The Morgan fingerprint density at radius 2 is 1.94 bits per heavy atom. The Hall–Kier alpha value is -2.24. The Bertz CT molecular complexity index is 403. The summed E-state index contributed by atoms with van der Waals surface area (Å²) in [5.41, 5.74) is 6.17. The summed E-state index contributed by atoms with van der Waals surface area (Å²) in [5.74, 6) is -0.108. The smallest absolute Gasteiger partial charge is 0.325 e. The molecule has 18 heavy (non-hydrogen) atoms. The van der Waals surface area contributed by atoms with Gasteiger partial charge in [0.25, 0.3) is 0 Å². The van der Waals surface area contributed by atoms with Crippen LogP contribution in [0.2, 0.25) is 0 Å². The molecule has 1 aromatic carbocycles. The molecule has 6 heteroatoms. The van der Waals surface area contributed by atoms with Crippen molar-refractivity contribution in [1.29, 1.82) is 0 Å². The van der Waals surface area contributed by atoms with E-state index in [-0.39, 0.29) is 25.5 Å². The number of carbonyl (C=O) groups is 2. The summed E-state index contributed by atoms with van der Waals surface area (Å²) < 4.78 is 9.72. The largest absolute Gasteiger partial charge is 0.493 e. The Labute approximate surface area is 105 Å². The number of esters is 1. The van der Waals surface area contributed by atoms with Gasteiger partial charge >= 0.3 is 5.97 Å². The lowest BCUT2D eigenvalue weighted by Crippen LogP contribution is -2.30. The lowest BCUT2D eigenvalue weighted by atomic mass is 10.3. The molecule has 0 heterocycles. The molecule has 0 saturated carbocycles. The van der Waals surface area contributed by atoms with Crippen LogP contribution in [0.1, 0.15) is 6.42 Å². The zero-order valence-corrected chi connectivity index (χ0v) is 10.1. The van der Waals surface area contributed by atoms with Crippen LogP contribution in [0.25, 0.3) is 0 Å². The maximum Gasteiger partial charge on any atom is 0.325 e. The lowest BCUT2D eigenvalue weighted by molar-refractivity contribution is -0.141. The van der Waals surface area contributed by atoms with Gasteiger partial charge in [-0.1, -0.05) is 0 Å². The van der Waals surface area contributed by atoms with Crippen molar-refractivity contribution in [2.75, 3.05) is 26.0 Å². The van der Waals surface area contributed by atoms with E-state index in [1.165, 1.54) is 7.11 Å². The van der Waals surface area contributed by atoms with Crippen LogP contribution in [0.5, 0.6) is 5.75 Å². The maximum absolute atomic E-state index is 11.3. The third-order valence-corrected chi connectivity index (χ3v) is 2.14. The van der Waals surface area contributed by atoms with Crippen LogP contribution in [-0.4, -0.2) is 32.1 Å². The average molecular weight is 252 g/mol. The van der Waals surface area contributed by atoms with Gasteiger partial charge in [-0.25, -0.2) is 0 Å². The predicted molar refractivity (Wildman–Crippen MR) is 66.0 cm³/mol. The molecule has 6 nitrogen and oxygen atoms in total. The van der Waals surface area contributed by atoms with Gasteiger partial charge in [0.2, 0.25) is 5.91 Å². The van der Waals surface area contributed by atoms with Crippen LogP contribution in [0, 0.1) is 0 Å². The minimum absolute atomic E-state index is 0.128. The van der Waals surface area contributed by atoms with Crippen LogP contribution in [0.3, 0.4) is 0 Å². The second kappa shape index (κ2) is 7.16. The summed E-state index contributed by atoms with van der Waals surface area (Å²) >= 11 is 0. The number of nitrogens with one attached hydrogen (secondary N) is 1. The molecular weight excluding hydrogens is 236 g/mol. The number of carbonyl (C=O) groups excluding carboxylic acids is 2. The number of amides is 1. The summed E-state index contributed by atoms with van der Waals surface area (Å²) in [6.07, 6.45) is 0.168. The topological polar surface area (TPSA) is 90.6 Å². The Morgan fingerprint density at radius 1 is 1.28 bits per heavy atom. The van der Waals surface area contributed by atoms with Crippen LogP contribution in [0.15, 0.2) is 24.3 Å². The van der Waals surface area contributed by atoms with E-state index in [2.05, 4.69) is 10.1 Å². The molecule has 0 aliphatic rings. The number of rotatable bonds is 6. The van der Waals surface area contributed by atoms with Gasteiger partial charge < -0.3 is 20.5 Å². The molecule has 0 bridgehead atoms. The minimum atomic E-state index is -0.484. The SMILES string of the molecule is COC(=O)CNC(=O)CCOc1ccc(N)cc1. The first-order valence-electron chi connectivity index (χ1n) is 5.43. The fourth-order valence-corrected chi connectivity index (χ4v) is 1.16. The van der Waals surface area contributed by atoms with E-state index in [0.717, 1.165) is 0 Å². The fraction of sp³-hybridized carbons (Fsp3) is 0.333. The molecule has 1 rings (SSSR count). The highest BCUT2D eigenvalue weighted by molar-refractivity contribution is 5.81. The molecule has 1 aromatic rings. The zero-order valence-electron chi connectivity index (χ0n) is 10.1. The molecular formula is C12H16N2O4. The molecule has 3 N–H and O–H groups in total. The van der Waals surface area contributed by atoms with E-state index in [1.807, 2.05) is 0 Å². The monoisotopic (exact) mass is 252 g/mol. The summed E-state index contributed by atoms with van der Waals surface area (Å²) in [5, 5.41) is 2.42. The highest BCUT2D eigenvalue weighted by Gasteiger charge is 2.05. The third kappa shape index (κ3) is 5.20. The highest BCUT2D eigenvalue weighted by Crippen LogP contribution is 2.12. The number of nitrogens with two attached hydrogens (primary N) is 1. The van der Waals surface area contributed by atoms with Gasteiger partial charge in [0.1, 0.15) is 12.3 Å². The van der Waals surface area contributed by atoms with E-state index in [0.29, 0.717) is 11.4 Å². The summed E-state index contributed by atoms with van der Waals surface area (Å²) in [6, 6.07) is 6.88. The zero-order chi connectivity index (χ0) is 13.4. The van der Waals surface area contributed by atoms with E-state index >= 15 is 0 Å². The maximum atomic E-state index is 11.3. The first-order valence-corrected chi connectivity index (χ1v) is 5.43. The number of nitrogen functional groups attached to an aromatic ring is 1. The summed E-state index contributed by atoms with van der Waals surface area (Å²) in [4.78, 5) is 22.1. The van der Waals surface area contributed by atoms with Crippen molar-refractivity contribution in [1.82, 2.24) is 5.32 Å². The standard InChI is InChI=1S/C12H16N2O4/c1-17-12(16)8-14-11(15)6-7-18-10-4-2-9(13)3-5-10/h2-5H,6-8,13H2,1H3,(H,14,15). The third-order valence-electron chi connectivity index (χ3n) is 2.14. The minimum Gasteiger partial charge on any atom is -0.493 e. The number of hydrogen-bond acceptors (Lipinski definition) is 5. The molecule has 1 amide bonds. The second-order valence-electron chi connectivity index (χ2n) is 3.52. The van der Waals surface area contributed by atoms with Crippen LogP contribution in [-0.2, 0) is 14.3 Å². The van der Waals surface area contributed by atoms with Crippen molar-refractivity contribution in [3.63, 3.8) is 0 Å². The van der Waals surface area contributed by atoms with Crippen molar-refractivity contribution in [2.24, 2.45) is 0 Å². The van der Waals surface area contributed by atoms with Crippen molar-refractivity contribution >= 4 is 17.6 Å². The average Bonchev–Trinajstić information content (AvgIpc) is 2.38. The molecule has 0 atom stereocenters. The molecule has 0 fully saturated rings. The van der Waals surface area contributed by atoms with Gasteiger partial charge in [-0.15, -0.1) is 0 Å². The Balaban J connectivity index is 2.19. The number of benzene rings is 1. The van der Waals surface area contributed by atoms with Crippen LogP contribution in [0.4, 0.5) is 5.69 Å². The molecule has 0 aromatic heterocycles. The molecule has 98 valence electrons. The summed E-state index contributed by atoms with van der Waals surface area (Å²) in [7, 11) is 1.26. The van der Waals surface area contributed by atoms with Gasteiger partial charge in [-0.05, 0) is 24.3 Å². The van der Waals surface area contributed by atoms with Gasteiger partial charge in [0, 0.05) is 5.69 Å². The van der Waals surface area contributed by atoms with Gasteiger partial charge in [-0.2, -0.15) is 0 Å². The van der Waals surface area contributed by atoms with E-state index in [4.69, 9.17) is 10.5 Å². The molecule has 0 saturated heterocycles. The van der Waals surface area contributed by atoms with Gasteiger partial charge in [0.05, 0.1) is 20.1 Å². The number of anilines is 1. The molecule has 0 aliphatic carbocycles. The van der Waals surface area contributed by atoms with Crippen molar-refractivity contribution in [3.05, 3.63) is 24.3 Å². The fourth-order valence-electron chi connectivity index (χ4n) is 1.16. The van der Waals surface area contributed by atoms with Crippen LogP contribution < -0.4 is 15.8 Å². The van der Waals surface area contributed by atoms with Crippen molar-refractivity contribution in [2.45, 2.75) is 6.42 Å². The molecule has 0 spiro atoms. The normalized spacial score (nSPS) is 9.61. The number of hydrogen-bond donors (Lipinski definition) is 2. The summed E-state index contributed by atoms with van der Waals surface area (Å²) in [6.45, 7) is 0.105. The van der Waals surface area contributed by atoms with Gasteiger partial charge in [0.15, 0.2) is 0 Å². The number of methoxy groups -OCH3 is 1. The molecule has 0 aliphatic heterocycles. The Morgan fingerprint density at radius 3 is 2.56 bits per heavy atom. The van der Waals surface area contributed by atoms with E-state index in [9.17, 15) is 9.59 Å². The van der Waals surface area contributed by atoms with Crippen LogP contribution >= 0.6 is 0 Å². The van der Waals surface area contributed by atoms with E-state index < -0.39 is 5.97 Å². The predicted octanol–water partition coefficient (Wildman–Crippen LogP) is 0.327. The first kappa shape index (κ1) is 13.8. The van der Waals surface area contributed by atoms with Crippen molar-refractivity contribution in [3.8, 4) is 5.75 Å².